The van der Waals surface area contributed by atoms with Crippen LogP contribution in [0.2, 0.25) is 5.02 Å². The molecule has 0 atom stereocenters. The maximum atomic E-state index is 12.9. The average molecular weight is 369 g/mol. The van der Waals surface area contributed by atoms with Crippen LogP contribution < -0.4 is 0 Å². The molecular formula is C19H29ClN2O3. The van der Waals surface area contributed by atoms with Crippen LogP contribution in [0.5, 0.6) is 0 Å². The molecule has 0 fully saturated rings. The summed E-state index contributed by atoms with van der Waals surface area (Å²) in [5, 5.41) is 11.5. The fourth-order valence-corrected chi connectivity index (χ4v) is 2.95. The van der Waals surface area contributed by atoms with E-state index < -0.39 is 4.92 Å². The Bertz CT molecular complexity index is 552. The van der Waals surface area contributed by atoms with Crippen LogP contribution in [0.15, 0.2) is 18.2 Å². The number of nitrogens with zero attached hydrogens (tertiary/aromatic N) is 2. The molecule has 1 aromatic rings. The number of unbranched alkanes of at least 4 members (excludes halogenated alkanes) is 6. The van der Waals surface area contributed by atoms with Crippen molar-refractivity contribution in [1.82, 2.24) is 4.90 Å². The van der Waals surface area contributed by atoms with Crippen molar-refractivity contribution in [3.63, 3.8) is 0 Å². The number of amides is 1. The van der Waals surface area contributed by atoms with E-state index in [9.17, 15) is 14.9 Å². The number of benzene rings is 1. The van der Waals surface area contributed by atoms with Crippen LogP contribution in [0.1, 0.15) is 75.6 Å². The minimum absolute atomic E-state index is 0.125. The van der Waals surface area contributed by atoms with Gasteiger partial charge in [0.25, 0.3) is 11.6 Å². The highest BCUT2D eigenvalue weighted by Gasteiger charge is 2.24. The molecule has 25 heavy (non-hydrogen) atoms. The predicted molar refractivity (Wildman–Crippen MR) is 102 cm³/mol. The minimum Gasteiger partial charge on any atom is -0.338 e. The first-order chi connectivity index (χ1) is 12.0. The highest BCUT2D eigenvalue weighted by atomic mass is 35.5. The van der Waals surface area contributed by atoms with Crippen molar-refractivity contribution in [3.8, 4) is 0 Å². The predicted octanol–water partition coefficient (Wildman–Crippen LogP) is 5.85. The van der Waals surface area contributed by atoms with E-state index in [0.29, 0.717) is 13.1 Å². The topological polar surface area (TPSA) is 63.5 Å². The molecule has 0 saturated heterocycles. The van der Waals surface area contributed by atoms with Gasteiger partial charge in [-0.3, -0.25) is 14.9 Å². The van der Waals surface area contributed by atoms with Crippen molar-refractivity contribution < 1.29 is 9.72 Å². The van der Waals surface area contributed by atoms with E-state index in [4.69, 9.17) is 11.6 Å². The molecule has 0 unspecified atom stereocenters. The molecule has 140 valence electrons. The fourth-order valence-electron chi connectivity index (χ4n) is 2.78. The molecule has 0 heterocycles. The summed E-state index contributed by atoms with van der Waals surface area (Å²) in [5.74, 6) is -0.267. The third-order valence-electron chi connectivity index (χ3n) is 4.24. The van der Waals surface area contributed by atoms with Crippen LogP contribution in [0, 0.1) is 10.1 Å². The third kappa shape index (κ3) is 7.43. The molecule has 0 radical (unpaired) electrons. The van der Waals surface area contributed by atoms with Crippen molar-refractivity contribution in [2.75, 3.05) is 13.1 Å². The second-order valence-corrected chi connectivity index (χ2v) is 6.77. The van der Waals surface area contributed by atoms with E-state index in [1.807, 2.05) is 0 Å². The number of hydrogen-bond acceptors (Lipinski definition) is 3. The number of carbonyl (C=O) groups is 1. The van der Waals surface area contributed by atoms with Gasteiger partial charge in [-0.05, 0) is 25.0 Å². The Morgan fingerprint density at radius 1 is 1.04 bits per heavy atom. The summed E-state index contributed by atoms with van der Waals surface area (Å²) >= 11 is 5.85. The number of rotatable bonds is 12. The Kier molecular flexibility index (Phi) is 10.2. The molecule has 0 aromatic heterocycles. The lowest BCUT2D eigenvalue weighted by Gasteiger charge is -2.23. The molecule has 0 saturated carbocycles. The smallest absolute Gasteiger partial charge is 0.283 e. The Morgan fingerprint density at radius 2 is 1.60 bits per heavy atom. The summed E-state index contributed by atoms with van der Waals surface area (Å²) < 4.78 is 0. The summed E-state index contributed by atoms with van der Waals surface area (Å²) in [7, 11) is 0. The zero-order chi connectivity index (χ0) is 18.7. The van der Waals surface area contributed by atoms with Crippen molar-refractivity contribution in [2.45, 2.75) is 65.2 Å². The maximum Gasteiger partial charge on any atom is 0.283 e. The molecule has 0 aliphatic carbocycles. The number of carbonyl (C=O) groups excluding carboxylic acids is 1. The summed E-state index contributed by atoms with van der Waals surface area (Å²) in [6.45, 7) is 5.57. The van der Waals surface area contributed by atoms with Crippen molar-refractivity contribution in [3.05, 3.63) is 38.9 Å². The van der Waals surface area contributed by atoms with Gasteiger partial charge in [-0.1, -0.05) is 64.0 Å². The van der Waals surface area contributed by atoms with Crippen LogP contribution in [0.4, 0.5) is 5.69 Å². The lowest BCUT2D eigenvalue weighted by molar-refractivity contribution is -0.385. The second kappa shape index (κ2) is 11.9. The normalized spacial score (nSPS) is 10.7. The highest BCUT2D eigenvalue weighted by Crippen LogP contribution is 2.25. The first-order valence-corrected chi connectivity index (χ1v) is 9.62. The summed E-state index contributed by atoms with van der Waals surface area (Å²) in [5.41, 5.74) is -0.0926. The van der Waals surface area contributed by atoms with Gasteiger partial charge in [-0.25, -0.2) is 0 Å². The van der Waals surface area contributed by atoms with Gasteiger partial charge in [0, 0.05) is 24.2 Å². The van der Waals surface area contributed by atoms with Crippen molar-refractivity contribution >= 4 is 23.2 Å². The monoisotopic (exact) mass is 368 g/mol. The van der Waals surface area contributed by atoms with Gasteiger partial charge in [0.15, 0.2) is 0 Å². The van der Waals surface area contributed by atoms with Gasteiger partial charge in [-0.2, -0.15) is 0 Å². The van der Waals surface area contributed by atoms with Crippen molar-refractivity contribution in [2.24, 2.45) is 0 Å². The lowest BCUT2D eigenvalue weighted by Crippen LogP contribution is -2.33. The minimum atomic E-state index is -0.536. The zero-order valence-electron chi connectivity index (χ0n) is 15.3. The summed E-state index contributed by atoms with van der Waals surface area (Å²) in [6.07, 6.45) is 8.53. The van der Waals surface area contributed by atoms with Gasteiger partial charge in [-0.15, -0.1) is 0 Å². The van der Waals surface area contributed by atoms with Gasteiger partial charge >= 0.3 is 0 Å². The third-order valence-corrected chi connectivity index (χ3v) is 4.47. The van der Waals surface area contributed by atoms with E-state index in [-0.39, 0.29) is 22.2 Å². The van der Waals surface area contributed by atoms with E-state index in [2.05, 4.69) is 13.8 Å². The molecule has 5 nitrogen and oxygen atoms in total. The quantitative estimate of drug-likeness (QED) is 0.264. The summed E-state index contributed by atoms with van der Waals surface area (Å²) in [6, 6.07) is 4.25. The van der Waals surface area contributed by atoms with E-state index in [1.165, 1.54) is 18.2 Å². The average Bonchev–Trinajstić information content (AvgIpc) is 2.59. The molecule has 0 spiro atoms. The number of nitro groups is 1. The molecule has 1 aromatic carbocycles. The molecule has 0 aliphatic rings. The van der Waals surface area contributed by atoms with Gasteiger partial charge in [0.05, 0.1) is 4.92 Å². The molecule has 6 heteroatoms. The number of nitro benzene ring substituents is 1. The van der Waals surface area contributed by atoms with Gasteiger partial charge in [0.2, 0.25) is 0 Å². The summed E-state index contributed by atoms with van der Waals surface area (Å²) in [4.78, 5) is 25.4. The standard InChI is InChI=1S/C19H29ClN2O3/c1-3-5-7-9-13-21(14-10-8-6-4-2)19(23)17-12-11-16(20)15-18(17)22(24)25/h11-12,15H,3-10,13-14H2,1-2H3. The maximum absolute atomic E-state index is 12.9. The highest BCUT2D eigenvalue weighted by molar-refractivity contribution is 6.31. The van der Waals surface area contributed by atoms with Crippen LogP contribution >= 0.6 is 11.6 Å². The van der Waals surface area contributed by atoms with Crippen LogP contribution in [-0.2, 0) is 0 Å². The van der Waals surface area contributed by atoms with Crippen LogP contribution in [-0.4, -0.2) is 28.8 Å². The fraction of sp³-hybridized carbons (Fsp3) is 0.632. The molecule has 0 aliphatic heterocycles. The number of halogens is 1. The first-order valence-electron chi connectivity index (χ1n) is 9.24. The Balaban J connectivity index is 2.87. The van der Waals surface area contributed by atoms with Crippen LogP contribution in [0.25, 0.3) is 0 Å². The Labute approximate surface area is 155 Å². The number of hydrogen-bond donors (Lipinski definition) is 0. The zero-order valence-corrected chi connectivity index (χ0v) is 16.1. The second-order valence-electron chi connectivity index (χ2n) is 6.33. The van der Waals surface area contributed by atoms with Gasteiger partial charge < -0.3 is 4.90 Å². The SMILES string of the molecule is CCCCCCN(CCCCCC)C(=O)c1ccc(Cl)cc1[N+](=O)[O-]. The molecule has 0 bridgehead atoms. The van der Waals surface area contributed by atoms with Crippen molar-refractivity contribution in [1.29, 1.82) is 0 Å². The molecule has 0 N–H and O–H groups in total. The van der Waals surface area contributed by atoms with Gasteiger partial charge in [0.1, 0.15) is 5.56 Å². The molecule has 1 amide bonds. The molecular weight excluding hydrogens is 340 g/mol. The lowest BCUT2D eigenvalue weighted by atomic mass is 10.1. The largest absolute Gasteiger partial charge is 0.338 e. The first kappa shape index (κ1) is 21.4. The van der Waals surface area contributed by atoms with E-state index >= 15 is 0 Å². The van der Waals surface area contributed by atoms with E-state index in [1.54, 1.807) is 4.90 Å². The van der Waals surface area contributed by atoms with Crippen LogP contribution in [0.3, 0.4) is 0 Å². The van der Waals surface area contributed by atoms with E-state index in [0.717, 1.165) is 51.4 Å². The Morgan fingerprint density at radius 3 is 2.08 bits per heavy atom. The Hall–Kier alpha value is -1.62. The molecule has 1 rings (SSSR count).